The Kier molecular flexibility index (Phi) is 30.6. The van der Waals surface area contributed by atoms with Gasteiger partial charge in [-0.1, -0.05) is 66.2 Å². The highest BCUT2D eigenvalue weighted by Gasteiger charge is 1.94. The van der Waals surface area contributed by atoms with Gasteiger partial charge in [-0.3, -0.25) is 0 Å². The number of unbranched alkanes of at least 4 members (excludes halogenated alkanes) is 4. The van der Waals surface area contributed by atoms with Crippen molar-refractivity contribution in [2.45, 2.75) is 111 Å². The van der Waals surface area contributed by atoms with Crippen molar-refractivity contribution >= 4 is 0 Å². The fourth-order valence-electron chi connectivity index (χ4n) is 1.58. The highest BCUT2D eigenvalue weighted by molar-refractivity contribution is 4.47. The van der Waals surface area contributed by atoms with Crippen LogP contribution in [0.25, 0.3) is 0 Å². The molecule has 0 aromatic rings. The summed E-state index contributed by atoms with van der Waals surface area (Å²) in [7, 11) is 0. The van der Waals surface area contributed by atoms with E-state index < -0.39 is 0 Å². The van der Waals surface area contributed by atoms with E-state index in [2.05, 4.69) is 20.8 Å². The van der Waals surface area contributed by atoms with Gasteiger partial charge in [0, 0.05) is 6.61 Å². The zero-order valence-electron chi connectivity index (χ0n) is 15.3. The molecule has 0 aliphatic heterocycles. The second-order valence-corrected chi connectivity index (χ2v) is 5.63. The van der Waals surface area contributed by atoms with E-state index in [9.17, 15) is 0 Å². The normalized spacial score (nSPS) is 12.6. The third-order valence-corrected chi connectivity index (χ3v) is 3.08. The standard InChI is InChI=1S/3C6H14O/c1-3-4-5-6(2)7;1-3-5-6(7)4-2;1-2-3-4-5-6-7/h2*6-7H,3-5H2,1-2H3;7H,2-6H2,1H3. The van der Waals surface area contributed by atoms with Gasteiger partial charge >= 0.3 is 0 Å². The summed E-state index contributed by atoms with van der Waals surface area (Å²) in [5, 5.41) is 25.8. The van der Waals surface area contributed by atoms with Crippen LogP contribution < -0.4 is 0 Å². The Morgan fingerprint density at radius 1 is 0.714 bits per heavy atom. The minimum Gasteiger partial charge on any atom is -0.396 e. The van der Waals surface area contributed by atoms with Crippen molar-refractivity contribution < 1.29 is 15.3 Å². The molecule has 0 radical (unpaired) electrons. The maximum Gasteiger partial charge on any atom is 0.0537 e. The van der Waals surface area contributed by atoms with Crippen LogP contribution in [0.4, 0.5) is 0 Å². The van der Waals surface area contributed by atoms with E-state index >= 15 is 0 Å². The van der Waals surface area contributed by atoms with Crippen LogP contribution in [0.1, 0.15) is 98.8 Å². The van der Waals surface area contributed by atoms with Crippen LogP contribution in [-0.2, 0) is 0 Å². The van der Waals surface area contributed by atoms with Gasteiger partial charge in [-0.25, -0.2) is 0 Å². The monoisotopic (exact) mass is 306 g/mol. The maximum atomic E-state index is 8.86. The van der Waals surface area contributed by atoms with Crippen molar-refractivity contribution in [2.75, 3.05) is 6.61 Å². The third-order valence-electron chi connectivity index (χ3n) is 3.08. The van der Waals surface area contributed by atoms with Crippen LogP contribution in [0.5, 0.6) is 0 Å². The minimum atomic E-state index is -0.0973. The van der Waals surface area contributed by atoms with Crippen molar-refractivity contribution in [2.24, 2.45) is 0 Å². The topological polar surface area (TPSA) is 60.7 Å². The van der Waals surface area contributed by atoms with E-state index in [0.29, 0.717) is 6.61 Å². The number of aliphatic hydroxyl groups excluding tert-OH is 3. The largest absolute Gasteiger partial charge is 0.396 e. The molecule has 0 aliphatic carbocycles. The van der Waals surface area contributed by atoms with Gasteiger partial charge < -0.3 is 15.3 Å². The molecular formula is C18H42O3. The van der Waals surface area contributed by atoms with E-state index in [-0.39, 0.29) is 12.2 Å². The Morgan fingerprint density at radius 3 is 1.52 bits per heavy atom. The Balaban J connectivity index is -0.000000231. The summed E-state index contributed by atoms with van der Waals surface area (Å²) in [6.07, 6.45) is 10.8. The summed E-state index contributed by atoms with van der Waals surface area (Å²) in [6, 6.07) is 0. The van der Waals surface area contributed by atoms with Crippen LogP contribution in [0.2, 0.25) is 0 Å². The lowest BCUT2D eigenvalue weighted by Gasteiger charge is -2.01. The second-order valence-electron chi connectivity index (χ2n) is 5.63. The molecule has 2 unspecified atom stereocenters. The maximum absolute atomic E-state index is 8.86. The number of hydrogen-bond acceptors (Lipinski definition) is 3. The van der Waals surface area contributed by atoms with E-state index in [1.165, 1.54) is 25.7 Å². The Labute approximate surface area is 133 Å². The molecule has 0 bridgehead atoms. The fourth-order valence-corrected chi connectivity index (χ4v) is 1.58. The highest BCUT2D eigenvalue weighted by atomic mass is 16.3. The summed E-state index contributed by atoms with van der Waals surface area (Å²) < 4.78 is 0. The smallest absolute Gasteiger partial charge is 0.0537 e. The Bertz CT molecular complexity index is 145. The molecule has 0 aliphatic rings. The SMILES string of the molecule is CCCC(O)CC.CCCCC(C)O.CCCCCCO. The van der Waals surface area contributed by atoms with Crippen LogP contribution in [0.15, 0.2) is 0 Å². The van der Waals surface area contributed by atoms with Gasteiger partial charge in [-0.2, -0.15) is 0 Å². The first kappa shape index (κ1) is 25.8. The molecule has 21 heavy (non-hydrogen) atoms. The summed E-state index contributed by atoms with van der Waals surface area (Å²) in [6.45, 7) is 10.6. The van der Waals surface area contributed by atoms with Crippen molar-refractivity contribution in [3.05, 3.63) is 0 Å². The Morgan fingerprint density at radius 2 is 1.29 bits per heavy atom. The molecule has 132 valence electrons. The summed E-state index contributed by atoms with van der Waals surface area (Å²) in [5.74, 6) is 0. The number of rotatable bonds is 10. The Hall–Kier alpha value is -0.120. The first-order chi connectivity index (χ1) is 9.99. The first-order valence-electron chi connectivity index (χ1n) is 8.96. The lowest BCUT2D eigenvalue weighted by Crippen LogP contribution is -2.01. The van der Waals surface area contributed by atoms with Crippen molar-refractivity contribution in [1.82, 2.24) is 0 Å². The van der Waals surface area contributed by atoms with Crippen molar-refractivity contribution in [3.8, 4) is 0 Å². The van der Waals surface area contributed by atoms with Crippen molar-refractivity contribution in [3.63, 3.8) is 0 Å². The molecule has 0 aromatic heterocycles. The fraction of sp³-hybridized carbons (Fsp3) is 1.00. The third kappa shape index (κ3) is 38.3. The summed E-state index contributed by atoms with van der Waals surface area (Å²) in [4.78, 5) is 0. The van der Waals surface area contributed by atoms with E-state index in [1.54, 1.807) is 0 Å². The quantitative estimate of drug-likeness (QED) is 0.514. The number of hydrogen-bond donors (Lipinski definition) is 3. The summed E-state index contributed by atoms with van der Waals surface area (Å²) >= 11 is 0. The van der Waals surface area contributed by atoms with Gasteiger partial charge in [-0.05, 0) is 32.6 Å². The van der Waals surface area contributed by atoms with Crippen molar-refractivity contribution in [1.29, 1.82) is 0 Å². The molecule has 3 heteroatoms. The lowest BCUT2D eigenvalue weighted by atomic mass is 10.2. The molecule has 0 saturated heterocycles. The minimum absolute atomic E-state index is 0.0509. The molecule has 0 amide bonds. The molecule has 0 rings (SSSR count). The van der Waals surface area contributed by atoms with Gasteiger partial charge in [0.1, 0.15) is 0 Å². The average molecular weight is 307 g/mol. The second kappa shape index (κ2) is 24.9. The molecule has 0 saturated carbocycles. The molecule has 3 nitrogen and oxygen atoms in total. The molecule has 0 spiro atoms. The van der Waals surface area contributed by atoms with Crippen LogP contribution in [0, 0.1) is 0 Å². The zero-order valence-corrected chi connectivity index (χ0v) is 15.3. The van der Waals surface area contributed by atoms with Gasteiger partial charge in [0.15, 0.2) is 0 Å². The average Bonchev–Trinajstić information content (AvgIpc) is 2.47. The molecule has 2 atom stereocenters. The summed E-state index contributed by atoms with van der Waals surface area (Å²) in [5.41, 5.74) is 0. The molecular weight excluding hydrogens is 264 g/mol. The van der Waals surface area contributed by atoms with E-state index in [4.69, 9.17) is 15.3 Å². The van der Waals surface area contributed by atoms with Crippen LogP contribution >= 0.6 is 0 Å². The molecule has 0 fully saturated rings. The predicted octanol–water partition coefficient (Wildman–Crippen LogP) is 4.67. The molecule has 0 heterocycles. The van der Waals surface area contributed by atoms with Gasteiger partial charge in [-0.15, -0.1) is 0 Å². The molecule has 3 N–H and O–H groups in total. The zero-order chi connectivity index (χ0) is 16.9. The first-order valence-corrected chi connectivity index (χ1v) is 8.96. The molecule has 0 aromatic carbocycles. The predicted molar refractivity (Wildman–Crippen MR) is 93.6 cm³/mol. The number of aliphatic hydroxyl groups is 3. The van der Waals surface area contributed by atoms with Gasteiger partial charge in [0.05, 0.1) is 12.2 Å². The van der Waals surface area contributed by atoms with Crippen LogP contribution in [0.3, 0.4) is 0 Å². The van der Waals surface area contributed by atoms with Gasteiger partial charge in [0.25, 0.3) is 0 Å². The van der Waals surface area contributed by atoms with E-state index in [1.807, 2.05) is 13.8 Å². The lowest BCUT2D eigenvalue weighted by molar-refractivity contribution is 0.159. The van der Waals surface area contributed by atoms with Crippen LogP contribution in [-0.4, -0.2) is 34.1 Å². The van der Waals surface area contributed by atoms with Gasteiger partial charge in [0.2, 0.25) is 0 Å². The highest BCUT2D eigenvalue weighted by Crippen LogP contribution is 1.98. The van der Waals surface area contributed by atoms with E-state index in [0.717, 1.165) is 38.5 Å².